The first-order chi connectivity index (χ1) is 23.8. The van der Waals surface area contributed by atoms with Crippen LogP contribution >= 0.6 is 0 Å². The zero-order chi connectivity index (χ0) is 32.1. The second kappa shape index (κ2) is 13.2. The van der Waals surface area contributed by atoms with Crippen LogP contribution in [0, 0.1) is 0 Å². The van der Waals surface area contributed by atoms with E-state index in [1.807, 2.05) is 0 Å². The van der Waals surface area contributed by atoms with E-state index in [1.54, 1.807) is 0 Å². The summed E-state index contributed by atoms with van der Waals surface area (Å²) < 4.78 is 0. The van der Waals surface area contributed by atoms with E-state index in [1.165, 1.54) is 50.1 Å². The number of hydrogen-bond donors (Lipinski definition) is 0. The molecule has 0 spiro atoms. The number of hydrogen-bond acceptors (Lipinski definition) is 1. The van der Waals surface area contributed by atoms with Crippen molar-refractivity contribution in [2.75, 3.05) is 0 Å². The highest BCUT2D eigenvalue weighted by atomic mass is 14.7. The lowest BCUT2D eigenvalue weighted by molar-refractivity contribution is 1.32. The highest BCUT2D eigenvalue weighted by molar-refractivity contribution is 5.79. The SMILES string of the molecule is c1ccc(-c2ccc(-c3ccc(-c4cc(-c5ccccc5)cc(-c5ccc(-c6ccc(-c7ccccc7)cc6)cc5)n4)cc3)cc2)cc1. The molecular formula is C47H33N. The zero-order valence-corrected chi connectivity index (χ0v) is 26.5. The lowest BCUT2D eigenvalue weighted by Crippen LogP contribution is -1.92. The van der Waals surface area contributed by atoms with E-state index in [9.17, 15) is 0 Å². The molecule has 0 unspecified atom stereocenters. The zero-order valence-electron chi connectivity index (χ0n) is 26.5. The summed E-state index contributed by atoms with van der Waals surface area (Å²) >= 11 is 0. The first-order valence-corrected chi connectivity index (χ1v) is 16.4. The molecule has 0 bridgehead atoms. The predicted octanol–water partition coefficient (Wildman–Crippen LogP) is 12.8. The van der Waals surface area contributed by atoms with Crippen molar-refractivity contribution in [3.05, 3.63) is 200 Å². The van der Waals surface area contributed by atoms with Crippen molar-refractivity contribution in [3.63, 3.8) is 0 Å². The Morgan fingerprint density at radius 1 is 0.188 bits per heavy atom. The number of pyridine rings is 1. The average Bonchev–Trinajstić information content (AvgIpc) is 3.19. The Bertz CT molecular complexity index is 2110. The quantitative estimate of drug-likeness (QED) is 0.175. The van der Waals surface area contributed by atoms with Crippen molar-refractivity contribution >= 4 is 0 Å². The fourth-order valence-electron chi connectivity index (χ4n) is 6.26. The Balaban J connectivity index is 1.09. The van der Waals surface area contributed by atoms with Crippen LogP contribution in [0.3, 0.4) is 0 Å². The van der Waals surface area contributed by atoms with Crippen molar-refractivity contribution < 1.29 is 0 Å². The number of rotatable bonds is 7. The van der Waals surface area contributed by atoms with Crippen LogP contribution in [-0.2, 0) is 0 Å². The topological polar surface area (TPSA) is 12.9 Å². The van der Waals surface area contributed by atoms with Gasteiger partial charge in [0.2, 0.25) is 0 Å². The van der Waals surface area contributed by atoms with Crippen LogP contribution in [0.25, 0.3) is 78.1 Å². The van der Waals surface area contributed by atoms with E-state index in [2.05, 4.69) is 200 Å². The summed E-state index contributed by atoms with van der Waals surface area (Å²) in [6.07, 6.45) is 0. The van der Waals surface area contributed by atoms with Crippen LogP contribution < -0.4 is 0 Å². The largest absolute Gasteiger partial charge is 0.248 e. The molecule has 0 aliphatic heterocycles. The van der Waals surface area contributed by atoms with Gasteiger partial charge in [-0.05, 0) is 67.8 Å². The van der Waals surface area contributed by atoms with Crippen LogP contribution in [0.4, 0.5) is 0 Å². The molecule has 1 aromatic heterocycles. The molecule has 1 nitrogen and oxygen atoms in total. The third kappa shape index (κ3) is 6.23. The summed E-state index contributed by atoms with van der Waals surface area (Å²) in [7, 11) is 0. The molecule has 1 heteroatoms. The van der Waals surface area contributed by atoms with Crippen LogP contribution in [0.2, 0.25) is 0 Å². The molecule has 0 aliphatic rings. The van der Waals surface area contributed by atoms with Gasteiger partial charge in [0.25, 0.3) is 0 Å². The van der Waals surface area contributed by atoms with Crippen LogP contribution in [0.1, 0.15) is 0 Å². The van der Waals surface area contributed by atoms with Crippen molar-refractivity contribution in [2.24, 2.45) is 0 Å². The van der Waals surface area contributed by atoms with E-state index < -0.39 is 0 Å². The van der Waals surface area contributed by atoms with Gasteiger partial charge in [0.05, 0.1) is 11.4 Å². The van der Waals surface area contributed by atoms with Gasteiger partial charge in [-0.25, -0.2) is 4.98 Å². The summed E-state index contributed by atoms with van der Waals surface area (Å²) in [6, 6.07) is 71.1. The predicted molar refractivity (Wildman–Crippen MR) is 202 cm³/mol. The van der Waals surface area contributed by atoms with Gasteiger partial charge in [-0.1, -0.05) is 188 Å². The van der Waals surface area contributed by atoms with Crippen LogP contribution in [0.5, 0.6) is 0 Å². The van der Waals surface area contributed by atoms with Crippen molar-refractivity contribution in [3.8, 4) is 78.1 Å². The van der Waals surface area contributed by atoms with Gasteiger partial charge >= 0.3 is 0 Å². The summed E-state index contributed by atoms with van der Waals surface area (Å²) in [4.78, 5) is 5.19. The highest BCUT2D eigenvalue weighted by Gasteiger charge is 2.11. The molecule has 0 N–H and O–H groups in total. The molecule has 226 valence electrons. The molecule has 0 radical (unpaired) electrons. The molecule has 48 heavy (non-hydrogen) atoms. The van der Waals surface area contributed by atoms with E-state index in [0.717, 1.165) is 28.1 Å². The molecule has 7 aromatic carbocycles. The van der Waals surface area contributed by atoms with Gasteiger partial charge in [0.15, 0.2) is 0 Å². The summed E-state index contributed by atoms with van der Waals surface area (Å²) in [5.41, 5.74) is 16.1. The Labute approximate surface area is 282 Å². The summed E-state index contributed by atoms with van der Waals surface area (Å²) in [5.74, 6) is 0. The molecule has 0 aliphatic carbocycles. The lowest BCUT2D eigenvalue weighted by atomic mass is 9.96. The summed E-state index contributed by atoms with van der Waals surface area (Å²) in [5, 5.41) is 0. The molecular weight excluding hydrogens is 579 g/mol. The van der Waals surface area contributed by atoms with Gasteiger partial charge in [-0.2, -0.15) is 0 Å². The van der Waals surface area contributed by atoms with Gasteiger partial charge in [0.1, 0.15) is 0 Å². The van der Waals surface area contributed by atoms with E-state index in [-0.39, 0.29) is 0 Å². The van der Waals surface area contributed by atoms with Gasteiger partial charge < -0.3 is 0 Å². The Hall–Kier alpha value is -6.31. The normalized spacial score (nSPS) is 10.9. The van der Waals surface area contributed by atoms with Gasteiger partial charge in [0, 0.05) is 11.1 Å². The van der Waals surface area contributed by atoms with Crippen LogP contribution in [0.15, 0.2) is 200 Å². The number of nitrogens with zero attached hydrogens (tertiary/aromatic N) is 1. The number of aromatic nitrogens is 1. The second-order valence-corrected chi connectivity index (χ2v) is 12.0. The monoisotopic (exact) mass is 611 g/mol. The van der Waals surface area contributed by atoms with Gasteiger partial charge in [-0.3, -0.25) is 0 Å². The highest BCUT2D eigenvalue weighted by Crippen LogP contribution is 2.33. The van der Waals surface area contributed by atoms with Crippen LogP contribution in [-0.4, -0.2) is 4.98 Å². The maximum atomic E-state index is 5.19. The average molecular weight is 612 g/mol. The molecule has 8 rings (SSSR count). The molecule has 8 aromatic rings. The molecule has 1 heterocycles. The van der Waals surface area contributed by atoms with Crippen molar-refractivity contribution in [1.29, 1.82) is 0 Å². The fourth-order valence-corrected chi connectivity index (χ4v) is 6.26. The first kappa shape index (κ1) is 29.1. The standard InChI is InChI=1S/C47H33N/c1-4-10-34(11-5-1)37-16-20-39(21-17-37)41-24-28-43(29-25-41)46-32-45(36-14-8-3-9-15-36)33-47(48-46)44-30-26-42(27-31-44)40-22-18-38(19-23-40)35-12-6-2-7-13-35/h1-33H. The molecule has 0 atom stereocenters. The van der Waals surface area contributed by atoms with E-state index in [0.29, 0.717) is 0 Å². The number of benzene rings is 7. The molecule has 0 saturated heterocycles. The minimum atomic E-state index is 0.956. The van der Waals surface area contributed by atoms with E-state index in [4.69, 9.17) is 4.98 Å². The lowest BCUT2D eigenvalue weighted by Gasteiger charge is -2.12. The smallest absolute Gasteiger partial charge is 0.0715 e. The first-order valence-electron chi connectivity index (χ1n) is 16.4. The Morgan fingerprint density at radius 3 is 0.667 bits per heavy atom. The third-order valence-electron chi connectivity index (χ3n) is 8.94. The Kier molecular flexibility index (Phi) is 8.01. The molecule has 0 amide bonds. The van der Waals surface area contributed by atoms with E-state index >= 15 is 0 Å². The molecule has 0 saturated carbocycles. The second-order valence-electron chi connectivity index (χ2n) is 12.0. The minimum absolute atomic E-state index is 0.956. The fraction of sp³-hybridized carbons (Fsp3) is 0. The minimum Gasteiger partial charge on any atom is -0.248 e. The maximum Gasteiger partial charge on any atom is 0.0715 e. The molecule has 0 fully saturated rings. The summed E-state index contributed by atoms with van der Waals surface area (Å²) in [6.45, 7) is 0. The maximum absolute atomic E-state index is 5.19. The van der Waals surface area contributed by atoms with Gasteiger partial charge in [-0.15, -0.1) is 0 Å². The Morgan fingerprint density at radius 2 is 0.396 bits per heavy atom. The van der Waals surface area contributed by atoms with Crippen molar-refractivity contribution in [2.45, 2.75) is 0 Å². The third-order valence-corrected chi connectivity index (χ3v) is 8.94. The van der Waals surface area contributed by atoms with Crippen molar-refractivity contribution in [1.82, 2.24) is 4.98 Å².